The number of fused-ring (bicyclic) bond motifs is 4. The Morgan fingerprint density at radius 1 is 0.227 bits per heavy atom. The van der Waals surface area contributed by atoms with Crippen LogP contribution in [0.3, 0.4) is 0 Å². The van der Waals surface area contributed by atoms with Crippen LogP contribution in [0.5, 0.6) is 0 Å². The van der Waals surface area contributed by atoms with Crippen molar-refractivity contribution >= 4 is 21.5 Å². The highest BCUT2D eigenvalue weighted by molar-refractivity contribution is 6.16. The molecular weight excluding hydrogens is 528 g/mol. The first-order chi connectivity index (χ1) is 21.8. The molecule has 0 aromatic heterocycles. The number of rotatable bonds is 4. The van der Waals surface area contributed by atoms with E-state index in [-0.39, 0.29) is 0 Å². The minimum Gasteiger partial charge on any atom is -0.0622 e. The summed E-state index contributed by atoms with van der Waals surface area (Å²) >= 11 is 0. The first-order valence-electron chi connectivity index (χ1n) is 15.3. The Hall–Kier alpha value is -5.72. The highest BCUT2D eigenvalue weighted by Crippen LogP contribution is 2.48. The lowest BCUT2D eigenvalue weighted by Gasteiger charge is -2.13. The van der Waals surface area contributed by atoms with Crippen LogP contribution < -0.4 is 0 Å². The maximum absolute atomic E-state index is 2.38. The maximum atomic E-state index is 2.38. The highest BCUT2D eigenvalue weighted by atomic mass is 14.2. The summed E-state index contributed by atoms with van der Waals surface area (Å²) in [5, 5.41) is 5.22. The number of benzene rings is 8. The van der Waals surface area contributed by atoms with Gasteiger partial charge in [0.25, 0.3) is 0 Å². The summed E-state index contributed by atoms with van der Waals surface area (Å²) in [6.07, 6.45) is 0. The zero-order chi connectivity index (χ0) is 29.0. The Morgan fingerprint density at radius 2 is 0.750 bits per heavy atom. The van der Waals surface area contributed by atoms with Gasteiger partial charge < -0.3 is 0 Å². The normalized spacial score (nSPS) is 11.6. The fraction of sp³-hybridized carbons (Fsp3) is 0. The van der Waals surface area contributed by atoms with E-state index in [2.05, 4.69) is 170 Å². The van der Waals surface area contributed by atoms with E-state index in [0.29, 0.717) is 0 Å². The molecule has 0 N–H and O–H groups in total. The molecule has 0 amide bonds. The van der Waals surface area contributed by atoms with Gasteiger partial charge in [-0.05, 0) is 107 Å². The molecule has 8 aromatic rings. The van der Waals surface area contributed by atoms with Gasteiger partial charge in [-0.25, -0.2) is 0 Å². The zero-order valence-electron chi connectivity index (χ0n) is 24.2. The van der Waals surface area contributed by atoms with Crippen LogP contribution in [-0.4, -0.2) is 0 Å². The lowest BCUT2D eigenvalue weighted by atomic mass is 9.91. The van der Waals surface area contributed by atoms with Crippen LogP contribution in [0, 0.1) is 0 Å². The quantitative estimate of drug-likeness (QED) is 0.202. The predicted molar refractivity (Wildman–Crippen MR) is 188 cm³/mol. The summed E-state index contributed by atoms with van der Waals surface area (Å²) in [5.74, 6) is 0. The van der Waals surface area contributed by atoms with Crippen LogP contribution in [0.15, 0.2) is 170 Å². The molecule has 44 heavy (non-hydrogen) atoms. The number of hydrogen-bond donors (Lipinski definition) is 0. The van der Waals surface area contributed by atoms with Gasteiger partial charge in [-0.2, -0.15) is 0 Å². The molecule has 0 fully saturated rings. The van der Waals surface area contributed by atoms with Gasteiger partial charge >= 0.3 is 0 Å². The molecule has 0 nitrogen and oxygen atoms in total. The minimum absolute atomic E-state index is 1.22. The van der Waals surface area contributed by atoms with Gasteiger partial charge in [-0.1, -0.05) is 152 Å². The molecule has 0 saturated carbocycles. The van der Waals surface area contributed by atoms with Gasteiger partial charge in [-0.15, -0.1) is 0 Å². The maximum Gasteiger partial charge on any atom is -0.00259 e. The van der Waals surface area contributed by atoms with Gasteiger partial charge in [0.15, 0.2) is 0 Å². The highest BCUT2D eigenvalue weighted by Gasteiger charge is 2.21. The molecule has 0 radical (unpaired) electrons. The van der Waals surface area contributed by atoms with Gasteiger partial charge in [0, 0.05) is 0 Å². The Kier molecular flexibility index (Phi) is 5.61. The smallest absolute Gasteiger partial charge is 0.00259 e. The summed E-state index contributed by atoms with van der Waals surface area (Å²) in [7, 11) is 0. The second-order valence-corrected chi connectivity index (χ2v) is 11.7. The fourth-order valence-corrected chi connectivity index (χ4v) is 7.13. The third-order valence-electron chi connectivity index (χ3n) is 9.22. The molecule has 9 rings (SSSR count). The Labute approximate surface area is 257 Å². The SMILES string of the molecule is c1ccc(-c2ccc(-c3ccc(-c4cccc(-c5cc6c7c(cccc7c5)-c5ccccc5-6)c4)cc3)c3ccccc23)cc1. The lowest BCUT2D eigenvalue weighted by molar-refractivity contribution is 1.59. The van der Waals surface area contributed by atoms with Crippen LogP contribution in [0.4, 0.5) is 0 Å². The van der Waals surface area contributed by atoms with Crippen molar-refractivity contribution in [3.63, 3.8) is 0 Å². The van der Waals surface area contributed by atoms with Gasteiger partial charge in [0.05, 0.1) is 0 Å². The molecule has 0 atom stereocenters. The molecule has 0 heterocycles. The average molecular weight is 557 g/mol. The molecule has 0 bridgehead atoms. The van der Waals surface area contributed by atoms with Crippen molar-refractivity contribution < 1.29 is 0 Å². The molecule has 204 valence electrons. The van der Waals surface area contributed by atoms with Crippen LogP contribution in [0.2, 0.25) is 0 Å². The molecular formula is C44H28. The third-order valence-corrected chi connectivity index (χ3v) is 9.22. The first-order valence-corrected chi connectivity index (χ1v) is 15.3. The van der Waals surface area contributed by atoms with E-state index in [0.717, 1.165) is 0 Å². The average Bonchev–Trinajstić information content (AvgIpc) is 3.43. The molecule has 0 unspecified atom stereocenters. The van der Waals surface area contributed by atoms with E-state index >= 15 is 0 Å². The van der Waals surface area contributed by atoms with E-state index < -0.39 is 0 Å². The third kappa shape index (κ3) is 3.92. The molecule has 8 aromatic carbocycles. The Balaban J connectivity index is 1.09. The van der Waals surface area contributed by atoms with E-state index in [9.17, 15) is 0 Å². The summed E-state index contributed by atoms with van der Waals surface area (Å²) in [6, 6.07) is 62.2. The summed E-state index contributed by atoms with van der Waals surface area (Å²) in [4.78, 5) is 0. The second kappa shape index (κ2) is 9.93. The van der Waals surface area contributed by atoms with E-state index in [4.69, 9.17) is 0 Å². The van der Waals surface area contributed by atoms with E-state index in [1.807, 2.05) is 0 Å². The zero-order valence-corrected chi connectivity index (χ0v) is 24.2. The molecule has 1 aliphatic rings. The van der Waals surface area contributed by atoms with Crippen molar-refractivity contribution in [3.8, 4) is 66.8 Å². The predicted octanol–water partition coefficient (Wildman–Crippen LogP) is 12.3. The summed E-state index contributed by atoms with van der Waals surface area (Å²) in [6.45, 7) is 0. The topological polar surface area (TPSA) is 0 Å². The minimum atomic E-state index is 1.22. The lowest BCUT2D eigenvalue weighted by Crippen LogP contribution is -1.87. The monoisotopic (exact) mass is 556 g/mol. The van der Waals surface area contributed by atoms with E-state index in [1.54, 1.807) is 0 Å². The fourth-order valence-electron chi connectivity index (χ4n) is 7.13. The van der Waals surface area contributed by atoms with Gasteiger partial charge in [0.1, 0.15) is 0 Å². The molecule has 0 heteroatoms. The second-order valence-electron chi connectivity index (χ2n) is 11.7. The van der Waals surface area contributed by atoms with Crippen LogP contribution in [0.25, 0.3) is 88.3 Å². The largest absolute Gasteiger partial charge is 0.0622 e. The standard InChI is InChI=1S/C44H28/c1-2-10-30(11-3-1)36-24-25-37(39-16-5-4-15-38(36)39)31-22-20-29(21-23-31)32-12-8-13-33(26-32)35-27-34-14-9-19-42-40-17-6-7-18-41(40)43(28-35)44(34)42/h1-28H. The summed E-state index contributed by atoms with van der Waals surface area (Å²) in [5.41, 5.74) is 15.3. The van der Waals surface area contributed by atoms with Crippen molar-refractivity contribution in [1.29, 1.82) is 0 Å². The van der Waals surface area contributed by atoms with Gasteiger partial charge in [-0.3, -0.25) is 0 Å². The Bertz CT molecular complexity index is 2360. The van der Waals surface area contributed by atoms with Crippen molar-refractivity contribution in [2.45, 2.75) is 0 Å². The van der Waals surface area contributed by atoms with Crippen LogP contribution in [0.1, 0.15) is 0 Å². The van der Waals surface area contributed by atoms with E-state index in [1.165, 1.54) is 88.3 Å². The first kappa shape index (κ1) is 24.8. The summed E-state index contributed by atoms with van der Waals surface area (Å²) < 4.78 is 0. The van der Waals surface area contributed by atoms with Crippen molar-refractivity contribution in [3.05, 3.63) is 170 Å². The Morgan fingerprint density at radius 3 is 1.48 bits per heavy atom. The molecule has 0 saturated heterocycles. The molecule has 0 spiro atoms. The van der Waals surface area contributed by atoms with Crippen LogP contribution >= 0.6 is 0 Å². The number of hydrogen-bond acceptors (Lipinski definition) is 0. The van der Waals surface area contributed by atoms with Gasteiger partial charge in [0.2, 0.25) is 0 Å². The van der Waals surface area contributed by atoms with Crippen molar-refractivity contribution in [2.24, 2.45) is 0 Å². The van der Waals surface area contributed by atoms with Crippen molar-refractivity contribution in [1.82, 2.24) is 0 Å². The van der Waals surface area contributed by atoms with Crippen LogP contribution in [-0.2, 0) is 0 Å². The molecule has 0 aliphatic heterocycles. The molecule has 1 aliphatic carbocycles. The van der Waals surface area contributed by atoms with Crippen molar-refractivity contribution in [2.75, 3.05) is 0 Å².